The smallest absolute Gasteiger partial charge is 0.253 e. The van der Waals surface area contributed by atoms with E-state index in [0.29, 0.717) is 24.5 Å². The van der Waals surface area contributed by atoms with Crippen LogP contribution in [0.1, 0.15) is 44.2 Å². The first-order valence-corrected chi connectivity index (χ1v) is 12.1. The molecule has 3 aliphatic heterocycles. The van der Waals surface area contributed by atoms with Crippen LogP contribution in [-0.4, -0.2) is 35.2 Å². The molecule has 1 spiro atoms. The molecule has 1 N–H and O–H groups in total. The highest BCUT2D eigenvalue weighted by Crippen LogP contribution is 2.55. The quantitative estimate of drug-likeness (QED) is 0.657. The number of rotatable bonds is 6. The van der Waals surface area contributed by atoms with Gasteiger partial charge in [0.25, 0.3) is 5.91 Å². The Kier molecular flexibility index (Phi) is 5.53. The Morgan fingerprint density at radius 3 is 2.42 bits per heavy atom. The highest BCUT2D eigenvalue weighted by atomic mass is 35.5. The molecule has 5 rings (SSSR count). The highest BCUT2D eigenvalue weighted by molar-refractivity contribution is 6.31. The third kappa shape index (κ3) is 3.07. The average Bonchev–Trinajstić information content (AvgIpc) is 3.38. The molecule has 3 amide bonds. The largest absolute Gasteiger partial charge is 0.306 e. The zero-order chi connectivity index (χ0) is 23.3. The number of imide groups is 1. The van der Waals surface area contributed by atoms with E-state index in [1.807, 2.05) is 56.3 Å². The minimum atomic E-state index is -1.24. The van der Waals surface area contributed by atoms with Crippen molar-refractivity contribution in [3.8, 4) is 0 Å². The average molecular weight is 466 g/mol. The fourth-order valence-corrected chi connectivity index (χ4v) is 6.05. The molecule has 0 saturated carbocycles. The minimum absolute atomic E-state index is 0.149. The van der Waals surface area contributed by atoms with Crippen LogP contribution in [0.25, 0.3) is 0 Å². The van der Waals surface area contributed by atoms with Gasteiger partial charge in [-0.05, 0) is 30.5 Å². The van der Waals surface area contributed by atoms with Crippen LogP contribution in [0.4, 0.5) is 5.69 Å². The maximum absolute atomic E-state index is 14.2. The summed E-state index contributed by atoms with van der Waals surface area (Å²) in [6, 6.07) is 14.8. The van der Waals surface area contributed by atoms with Crippen molar-refractivity contribution < 1.29 is 14.4 Å². The lowest BCUT2D eigenvalue weighted by Crippen LogP contribution is -2.55. The van der Waals surface area contributed by atoms with Crippen LogP contribution in [0.15, 0.2) is 48.5 Å². The second-order valence-electron chi connectivity index (χ2n) is 9.15. The van der Waals surface area contributed by atoms with Crippen LogP contribution in [0.5, 0.6) is 0 Å². The normalized spacial score (nSPS) is 28.2. The molecule has 172 valence electrons. The summed E-state index contributed by atoms with van der Waals surface area (Å²) in [6.45, 7) is 4.74. The van der Waals surface area contributed by atoms with E-state index in [-0.39, 0.29) is 23.8 Å². The summed E-state index contributed by atoms with van der Waals surface area (Å²) in [5, 5.41) is 4.09. The molecule has 0 unspecified atom stereocenters. The van der Waals surface area contributed by atoms with Gasteiger partial charge in [-0.25, -0.2) is 0 Å². The van der Waals surface area contributed by atoms with E-state index in [1.54, 1.807) is 11.0 Å². The number of fused-ring (bicyclic) bond motifs is 4. The van der Waals surface area contributed by atoms with Gasteiger partial charge in [-0.15, -0.1) is 0 Å². The van der Waals surface area contributed by atoms with Crippen LogP contribution in [-0.2, 0) is 26.5 Å². The molecule has 2 aromatic carbocycles. The topological polar surface area (TPSA) is 69.7 Å². The molecule has 33 heavy (non-hydrogen) atoms. The number of nitrogens with zero attached hydrogens (tertiary/aromatic N) is 2. The number of nitrogens with one attached hydrogen (secondary N) is 1. The minimum Gasteiger partial charge on any atom is -0.306 e. The first-order valence-electron chi connectivity index (χ1n) is 11.7. The molecular weight excluding hydrogens is 438 g/mol. The monoisotopic (exact) mass is 465 g/mol. The standard InChI is InChI=1S/C26H28ClN3O3/c1-3-5-14-29-23(31)21-19(4-2)28-26(22(21)24(29)32)17-11-7-9-13-20(17)30(25(26)33)15-16-10-6-8-12-18(16)27/h6-13,19,21-22,28H,3-5,14-15H2,1-2H3/t19-,21+,22+,26-/m0/s1. The number of hydrogen-bond acceptors (Lipinski definition) is 4. The van der Waals surface area contributed by atoms with Gasteiger partial charge in [0.1, 0.15) is 5.54 Å². The Hall–Kier alpha value is -2.70. The van der Waals surface area contributed by atoms with Gasteiger partial charge >= 0.3 is 0 Å². The summed E-state index contributed by atoms with van der Waals surface area (Å²) < 4.78 is 0. The fourth-order valence-electron chi connectivity index (χ4n) is 5.85. The molecule has 6 nitrogen and oxygen atoms in total. The number of carbonyl (C=O) groups excluding carboxylic acids is 3. The number of hydrogen-bond donors (Lipinski definition) is 1. The van der Waals surface area contributed by atoms with Crippen molar-refractivity contribution in [2.24, 2.45) is 11.8 Å². The molecule has 4 atom stereocenters. The predicted octanol–water partition coefficient (Wildman–Crippen LogP) is 3.87. The molecule has 3 aliphatic rings. The molecule has 0 bridgehead atoms. The lowest BCUT2D eigenvalue weighted by atomic mass is 9.76. The number of benzene rings is 2. The zero-order valence-electron chi connectivity index (χ0n) is 18.9. The number of anilines is 1. The SMILES string of the molecule is CCCCN1C(=O)[C@@H]2[C@H](CC)N[C@]3(C(=O)N(Cc4ccccc4Cl)c4ccccc43)[C@H]2C1=O. The van der Waals surface area contributed by atoms with Crippen LogP contribution in [0.2, 0.25) is 5.02 Å². The van der Waals surface area contributed by atoms with Gasteiger partial charge in [-0.3, -0.25) is 24.6 Å². The molecule has 0 aromatic heterocycles. The number of halogens is 1. The van der Waals surface area contributed by atoms with Gasteiger partial charge in [0, 0.05) is 28.9 Å². The maximum atomic E-state index is 14.2. The molecule has 0 radical (unpaired) electrons. The van der Waals surface area contributed by atoms with Crippen LogP contribution >= 0.6 is 11.6 Å². The van der Waals surface area contributed by atoms with Crippen molar-refractivity contribution in [2.75, 3.05) is 11.4 Å². The Morgan fingerprint density at radius 1 is 0.970 bits per heavy atom. The van der Waals surface area contributed by atoms with E-state index in [9.17, 15) is 14.4 Å². The molecular formula is C26H28ClN3O3. The lowest BCUT2D eigenvalue weighted by molar-refractivity contribution is -0.143. The maximum Gasteiger partial charge on any atom is 0.253 e. The molecule has 2 saturated heterocycles. The van der Waals surface area contributed by atoms with E-state index >= 15 is 0 Å². The Bertz CT molecular complexity index is 1140. The van der Waals surface area contributed by atoms with E-state index in [2.05, 4.69) is 5.32 Å². The highest BCUT2D eigenvalue weighted by Gasteiger charge is 2.71. The predicted molar refractivity (Wildman–Crippen MR) is 127 cm³/mol. The van der Waals surface area contributed by atoms with Crippen molar-refractivity contribution >= 4 is 35.0 Å². The Morgan fingerprint density at radius 2 is 1.70 bits per heavy atom. The number of para-hydroxylation sites is 1. The fraction of sp³-hybridized carbons (Fsp3) is 0.423. The van der Waals surface area contributed by atoms with Gasteiger partial charge in [-0.2, -0.15) is 0 Å². The van der Waals surface area contributed by atoms with Crippen molar-refractivity contribution in [1.82, 2.24) is 10.2 Å². The van der Waals surface area contributed by atoms with Gasteiger partial charge in [0.15, 0.2) is 0 Å². The third-order valence-corrected chi connectivity index (χ3v) is 7.79. The second-order valence-corrected chi connectivity index (χ2v) is 9.56. The van der Waals surface area contributed by atoms with Gasteiger partial charge < -0.3 is 4.90 Å². The number of unbranched alkanes of at least 4 members (excludes halogenated alkanes) is 1. The number of amides is 3. The molecule has 2 aromatic rings. The van der Waals surface area contributed by atoms with Crippen molar-refractivity contribution in [1.29, 1.82) is 0 Å². The first-order chi connectivity index (χ1) is 16.0. The van der Waals surface area contributed by atoms with Crippen LogP contribution < -0.4 is 10.2 Å². The first kappa shape index (κ1) is 22.1. The molecule has 2 fully saturated rings. The third-order valence-electron chi connectivity index (χ3n) is 7.42. The van der Waals surface area contributed by atoms with E-state index in [0.717, 1.165) is 29.7 Å². The van der Waals surface area contributed by atoms with Crippen molar-refractivity contribution in [3.63, 3.8) is 0 Å². The van der Waals surface area contributed by atoms with E-state index in [4.69, 9.17) is 11.6 Å². The van der Waals surface area contributed by atoms with Crippen LogP contribution in [0, 0.1) is 11.8 Å². The summed E-state index contributed by atoms with van der Waals surface area (Å²) in [4.78, 5) is 44.4. The van der Waals surface area contributed by atoms with Crippen LogP contribution in [0.3, 0.4) is 0 Å². The van der Waals surface area contributed by atoms with Crippen molar-refractivity contribution in [2.45, 2.75) is 51.2 Å². The lowest BCUT2D eigenvalue weighted by Gasteiger charge is -2.30. The molecule has 0 aliphatic carbocycles. The zero-order valence-corrected chi connectivity index (χ0v) is 19.6. The van der Waals surface area contributed by atoms with E-state index < -0.39 is 17.4 Å². The summed E-state index contributed by atoms with van der Waals surface area (Å²) in [7, 11) is 0. The van der Waals surface area contributed by atoms with E-state index in [1.165, 1.54) is 4.90 Å². The van der Waals surface area contributed by atoms with Crippen molar-refractivity contribution in [3.05, 3.63) is 64.7 Å². The number of carbonyl (C=O) groups is 3. The molecule has 3 heterocycles. The van der Waals surface area contributed by atoms with Gasteiger partial charge in [-0.1, -0.05) is 68.3 Å². The van der Waals surface area contributed by atoms with Gasteiger partial charge in [0.2, 0.25) is 11.8 Å². The number of likely N-dealkylation sites (tertiary alicyclic amines) is 1. The summed E-state index contributed by atoms with van der Waals surface area (Å²) in [5.74, 6) is -1.84. The summed E-state index contributed by atoms with van der Waals surface area (Å²) in [6.07, 6.45) is 2.31. The summed E-state index contributed by atoms with van der Waals surface area (Å²) >= 11 is 6.41. The molecule has 7 heteroatoms. The van der Waals surface area contributed by atoms with Gasteiger partial charge in [0.05, 0.1) is 18.4 Å². The second kappa shape index (κ2) is 8.26. The summed E-state index contributed by atoms with van der Waals surface area (Å²) in [5.41, 5.74) is 1.13. The Labute approximate surface area is 198 Å². The Balaban J connectivity index is 1.61.